The Balaban J connectivity index is 0.00000680. The van der Waals surface area contributed by atoms with Gasteiger partial charge in [0.25, 0.3) is 0 Å². The molecule has 0 saturated carbocycles. The third-order valence-electron chi connectivity index (χ3n) is 16.4. The van der Waals surface area contributed by atoms with E-state index in [9.17, 15) is 0 Å². The van der Waals surface area contributed by atoms with Crippen LogP contribution < -0.4 is 35.3 Å². The van der Waals surface area contributed by atoms with Crippen LogP contribution in [0.1, 0.15) is 63.8 Å². The molecule has 0 bridgehead atoms. The van der Waals surface area contributed by atoms with Crippen LogP contribution in [0.15, 0.2) is 243 Å². The van der Waals surface area contributed by atoms with E-state index in [4.69, 9.17) is 9.72 Å². The van der Waals surface area contributed by atoms with Crippen molar-refractivity contribution in [3.63, 3.8) is 0 Å². The second kappa shape index (κ2) is 22.0. The average molecular weight is 1270 g/mol. The Morgan fingerprint density at radius 3 is 1.64 bits per heavy atom. The summed E-state index contributed by atoms with van der Waals surface area (Å²) in [7, 11) is -2.78. The molecule has 0 spiro atoms. The van der Waals surface area contributed by atoms with E-state index in [0.29, 0.717) is 11.5 Å². The van der Waals surface area contributed by atoms with E-state index in [1.807, 2.05) is 24.4 Å². The summed E-state index contributed by atoms with van der Waals surface area (Å²) in [5, 5.41) is 7.50. The zero-order chi connectivity index (χ0) is 56.3. The molecule has 1 aliphatic rings. The minimum atomic E-state index is -2.78. The van der Waals surface area contributed by atoms with Gasteiger partial charge in [-0.1, -0.05) is 211 Å². The second-order valence-corrected chi connectivity index (χ2v) is 27.7. The number of hydrogen-bond donors (Lipinski definition) is 0. The van der Waals surface area contributed by atoms with Crippen LogP contribution in [0, 0.1) is 32.6 Å². The first kappa shape index (κ1) is 55.0. The number of pyridine rings is 1. The summed E-state index contributed by atoms with van der Waals surface area (Å²) < 4.78 is 9.10. The average Bonchev–Trinajstić information content (AvgIpc) is 3.05. The molecule has 0 fully saturated rings. The summed E-state index contributed by atoms with van der Waals surface area (Å²) >= 11 is 0. The van der Waals surface area contributed by atoms with Crippen LogP contribution in [0.4, 0.5) is 22.7 Å². The van der Waals surface area contributed by atoms with Crippen molar-refractivity contribution in [1.82, 2.24) is 9.55 Å². The van der Waals surface area contributed by atoms with Crippen molar-refractivity contribution in [2.75, 3.05) is 9.80 Å². The van der Waals surface area contributed by atoms with Gasteiger partial charge < -0.3 is 19.1 Å². The maximum absolute atomic E-state index is 6.86. The predicted molar refractivity (Wildman–Crippen MR) is 346 cm³/mol. The Kier molecular flexibility index (Phi) is 14.6. The molecule has 412 valence electrons. The maximum atomic E-state index is 6.86. The van der Waals surface area contributed by atoms with Gasteiger partial charge in [0.15, 0.2) is 8.07 Å². The van der Waals surface area contributed by atoms with E-state index >= 15 is 0 Å². The van der Waals surface area contributed by atoms with Crippen LogP contribution in [-0.2, 0) is 31.9 Å². The number of benzene rings is 10. The van der Waals surface area contributed by atoms with Crippen molar-refractivity contribution in [3.05, 3.63) is 284 Å². The number of anilines is 4. The molecule has 83 heavy (non-hydrogen) atoms. The summed E-state index contributed by atoms with van der Waals surface area (Å²) in [6, 6.07) is 93.7. The number of aromatic nitrogens is 2. The van der Waals surface area contributed by atoms with E-state index < -0.39 is 8.07 Å². The first-order valence-electron chi connectivity index (χ1n) is 28.4. The monoisotopic (exact) mass is 1270 g/mol. The van der Waals surface area contributed by atoms with Crippen molar-refractivity contribution in [2.24, 2.45) is 0 Å². The van der Waals surface area contributed by atoms with Gasteiger partial charge in [-0.3, -0.25) is 0 Å². The summed E-state index contributed by atoms with van der Waals surface area (Å²) in [5.41, 5.74) is 15.7. The van der Waals surface area contributed by atoms with Crippen LogP contribution in [0.2, 0.25) is 0 Å². The van der Waals surface area contributed by atoms with Gasteiger partial charge in [0.2, 0.25) is 0 Å². The molecule has 7 heteroatoms. The number of fused-ring (bicyclic) bond motifs is 4. The molecular weight excluding hydrogens is 1210 g/mol. The number of ether oxygens (including phenoxy) is 1. The molecule has 10 aromatic carbocycles. The molecule has 0 aliphatic carbocycles. The van der Waals surface area contributed by atoms with Crippen LogP contribution in [0.5, 0.6) is 11.5 Å². The van der Waals surface area contributed by atoms with Crippen molar-refractivity contribution >= 4 is 73.4 Å². The van der Waals surface area contributed by atoms with Crippen molar-refractivity contribution in [3.8, 4) is 39.6 Å². The van der Waals surface area contributed by atoms with Gasteiger partial charge in [-0.2, -0.15) is 12.1 Å². The predicted octanol–water partition coefficient (Wildman–Crippen LogP) is 16.9. The van der Waals surface area contributed by atoms with E-state index in [-0.39, 0.29) is 31.9 Å². The topological polar surface area (TPSA) is 33.5 Å². The summed E-state index contributed by atoms with van der Waals surface area (Å²) in [6.45, 7) is 20.3. The van der Waals surface area contributed by atoms with Gasteiger partial charge in [-0.15, -0.1) is 48.1 Å². The number of aryl methyl sites for hydroxylation is 2. The minimum Gasteiger partial charge on any atom is -0.509 e. The third-order valence-corrected chi connectivity index (χ3v) is 21.2. The Morgan fingerprint density at radius 2 is 1.01 bits per heavy atom. The normalized spacial score (nSPS) is 12.6. The number of hydrogen-bond acceptors (Lipinski definition) is 4. The first-order valence-corrected chi connectivity index (χ1v) is 30.4. The van der Waals surface area contributed by atoms with Gasteiger partial charge in [-0.25, -0.2) is 4.98 Å². The standard InChI is InChI=1S/C76H65N4OSi.Pt/c1-52-23-20-24-53(2)74(52)56-41-42-77-73(45-56)80-69-40-37-55(54-25-21-34-66(43-54)82(63-28-12-9-13-29-63,64-30-14-10-15-31-64)65-32-16-11-17-33-65)44-68(69)67-39-38-62(50-72(67)80)81-61-27-22-26-59(49-61)78-51-79(71-36-19-18-35-70(71)78)60-47-57(75(3,4)5)46-58(48-60)76(6,7)8;/h9-48,51H,1-8H3;/q-3;. The Bertz CT molecular complexity index is 4200. The number of nitrogens with zero attached hydrogens (tertiary/aromatic N) is 4. The molecule has 2 aromatic heterocycles. The van der Waals surface area contributed by atoms with Crippen molar-refractivity contribution in [1.29, 1.82) is 0 Å². The molecule has 0 atom stereocenters. The fourth-order valence-electron chi connectivity index (χ4n) is 12.2. The largest absolute Gasteiger partial charge is 0.509 e. The zero-order valence-electron chi connectivity index (χ0n) is 48.2. The molecule has 0 saturated heterocycles. The van der Waals surface area contributed by atoms with E-state index in [2.05, 4.69) is 307 Å². The molecular formula is C76H65N4OPtSi-3. The third kappa shape index (κ3) is 10.1. The number of rotatable bonds is 11. The second-order valence-electron chi connectivity index (χ2n) is 23.9. The van der Waals surface area contributed by atoms with E-state index in [1.165, 1.54) is 48.6 Å². The van der Waals surface area contributed by atoms with Gasteiger partial charge in [0, 0.05) is 61.3 Å². The quantitative estimate of drug-likeness (QED) is 0.0734. The molecule has 3 heterocycles. The molecule has 0 amide bonds. The van der Waals surface area contributed by atoms with Crippen LogP contribution in [0.25, 0.3) is 49.9 Å². The zero-order valence-corrected chi connectivity index (χ0v) is 51.5. The van der Waals surface area contributed by atoms with Gasteiger partial charge in [0.1, 0.15) is 5.82 Å². The SMILES string of the molecule is Cc1cccc(C)c1-c1ccnc(-n2c3[c-]c(Oc4[c-]c(N5[CH-]N(c6cc(C(C)(C)C)cc(C(C)(C)C)c6)c6ccccc65)ccc4)ccc3c3cc(-c4cccc([Si](c5ccccc5)(c5ccccc5)c5ccccc5)c4)ccc32)c1.[Pt]. The fourth-order valence-corrected chi connectivity index (χ4v) is 17.0. The molecule has 13 rings (SSSR count). The van der Waals surface area contributed by atoms with E-state index in [1.54, 1.807) is 0 Å². The van der Waals surface area contributed by atoms with Gasteiger partial charge >= 0.3 is 0 Å². The van der Waals surface area contributed by atoms with E-state index in [0.717, 1.165) is 67.1 Å². The maximum Gasteiger partial charge on any atom is 0.179 e. The van der Waals surface area contributed by atoms with Crippen LogP contribution in [-0.4, -0.2) is 17.6 Å². The molecule has 1 aliphatic heterocycles. The molecule has 0 unspecified atom stereocenters. The minimum absolute atomic E-state index is 0. The molecule has 0 radical (unpaired) electrons. The van der Waals surface area contributed by atoms with Crippen molar-refractivity contribution < 1.29 is 25.8 Å². The number of para-hydroxylation sites is 2. The summed E-state index contributed by atoms with van der Waals surface area (Å²) in [5.74, 6) is 1.97. The summed E-state index contributed by atoms with van der Waals surface area (Å²) in [6.07, 6.45) is 1.93. The van der Waals surface area contributed by atoms with Crippen LogP contribution >= 0.6 is 0 Å². The Hall–Kier alpha value is -8.54. The smallest absolute Gasteiger partial charge is 0.179 e. The van der Waals surface area contributed by atoms with Gasteiger partial charge in [-0.05, 0) is 138 Å². The fraction of sp³-hybridized carbons (Fsp3) is 0.132. The Morgan fingerprint density at radius 1 is 0.458 bits per heavy atom. The first-order chi connectivity index (χ1) is 39.7. The Labute approximate surface area is 504 Å². The van der Waals surface area contributed by atoms with Crippen LogP contribution in [0.3, 0.4) is 0 Å². The van der Waals surface area contributed by atoms with Crippen molar-refractivity contribution in [2.45, 2.75) is 66.2 Å². The summed E-state index contributed by atoms with van der Waals surface area (Å²) in [4.78, 5) is 9.63. The van der Waals surface area contributed by atoms with Gasteiger partial charge in [0.05, 0.1) is 0 Å². The molecule has 12 aromatic rings. The molecule has 0 N–H and O–H groups in total. The molecule has 5 nitrogen and oxygen atoms in total.